The number of hydrogen-bond acceptors (Lipinski definition) is 3. The van der Waals surface area contributed by atoms with E-state index in [-0.39, 0.29) is 0 Å². The van der Waals surface area contributed by atoms with Gasteiger partial charge in [-0.3, -0.25) is 0 Å². The zero-order chi connectivity index (χ0) is 10.1. The molecule has 0 aliphatic heterocycles. The second kappa shape index (κ2) is 3.18. The van der Waals surface area contributed by atoms with Crippen LogP contribution in [-0.4, -0.2) is 12.0 Å². The highest BCUT2D eigenvalue weighted by Gasteiger charge is 2.05. The number of benzene rings is 1. The van der Waals surface area contributed by atoms with Crippen LogP contribution in [0.15, 0.2) is 24.4 Å². The fraction of sp³-hybridized carbons (Fsp3) is 0.182. The highest BCUT2D eigenvalue weighted by atomic mass is 15.0. The summed E-state index contributed by atoms with van der Waals surface area (Å²) >= 11 is 0. The number of aryl methyl sites for hydroxylation is 1. The molecule has 0 bridgehead atoms. The van der Waals surface area contributed by atoms with E-state index in [1.807, 2.05) is 38.4 Å². The number of nitrogen functional groups attached to an aromatic ring is 1. The molecule has 1 aromatic carbocycles. The minimum absolute atomic E-state index is 0.805. The molecule has 1 heterocycles. The van der Waals surface area contributed by atoms with Gasteiger partial charge in [-0.05, 0) is 18.6 Å². The van der Waals surface area contributed by atoms with Gasteiger partial charge in [0.25, 0.3) is 0 Å². The first kappa shape index (κ1) is 8.81. The fourth-order valence-corrected chi connectivity index (χ4v) is 1.70. The Morgan fingerprint density at radius 1 is 1.36 bits per heavy atom. The molecule has 3 N–H and O–H groups in total. The van der Waals surface area contributed by atoms with Crippen LogP contribution in [0.3, 0.4) is 0 Å². The lowest BCUT2D eigenvalue weighted by atomic mass is 10.1. The molecule has 3 nitrogen and oxygen atoms in total. The average molecular weight is 187 g/mol. The van der Waals surface area contributed by atoms with Crippen molar-refractivity contribution in [3.05, 3.63) is 30.0 Å². The molecule has 1 aromatic heterocycles. The molecule has 0 atom stereocenters. The summed E-state index contributed by atoms with van der Waals surface area (Å²) in [6, 6.07) is 5.88. The van der Waals surface area contributed by atoms with Crippen molar-refractivity contribution in [3.63, 3.8) is 0 Å². The lowest BCUT2D eigenvalue weighted by Crippen LogP contribution is -1.96. The second-order valence-corrected chi connectivity index (χ2v) is 3.31. The molecule has 2 aromatic rings. The van der Waals surface area contributed by atoms with Crippen LogP contribution in [0.1, 0.15) is 5.56 Å². The van der Waals surface area contributed by atoms with Gasteiger partial charge in [-0.25, -0.2) is 4.98 Å². The van der Waals surface area contributed by atoms with Crippen LogP contribution in [0, 0.1) is 6.92 Å². The number of anilines is 2. The summed E-state index contributed by atoms with van der Waals surface area (Å²) in [6.45, 7) is 2.02. The summed E-state index contributed by atoms with van der Waals surface area (Å²) in [5.41, 5.74) is 7.84. The largest absolute Gasteiger partial charge is 0.398 e. The summed E-state index contributed by atoms with van der Waals surface area (Å²) in [5.74, 6) is 0.873. The first-order chi connectivity index (χ1) is 6.74. The van der Waals surface area contributed by atoms with E-state index >= 15 is 0 Å². The van der Waals surface area contributed by atoms with Crippen molar-refractivity contribution in [3.8, 4) is 0 Å². The van der Waals surface area contributed by atoms with E-state index in [1.165, 1.54) is 0 Å². The van der Waals surface area contributed by atoms with E-state index in [1.54, 1.807) is 0 Å². The highest BCUT2D eigenvalue weighted by Crippen LogP contribution is 2.28. The van der Waals surface area contributed by atoms with Crippen molar-refractivity contribution in [2.24, 2.45) is 0 Å². The van der Waals surface area contributed by atoms with Crippen molar-refractivity contribution >= 4 is 22.3 Å². The van der Waals surface area contributed by atoms with E-state index in [9.17, 15) is 0 Å². The van der Waals surface area contributed by atoms with Crippen LogP contribution in [-0.2, 0) is 0 Å². The molecule has 0 radical (unpaired) electrons. The Morgan fingerprint density at radius 2 is 2.14 bits per heavy atom. The van der Waals surface area contributed by atoms with Gasteiger partial charge in [0.2, 0.25) is 0 Å². The molecule has 72 valence electrons. The molecule has 0 fully saturated rings. The first-order valence-electron chi connectivity index (χ1n) is 4.55. The van der Waals surface area contributed by atoms with E-state index in [4.69, 9.17) is 5.73 Å². The molecule has 0 saturated carbocycles. The number of fused-ring (bicyclic) bond motifs is 1. The Hall–Kier alpha value is -1.77. The van der Waals surface area contributed by atoms with Gasteiger partial charge in [0, 0.05) is 29.7 Å². The SMILES string of the molecule is CNc1ncc(C)c2c(N)cccc12. The number of rotatable bonds is 1. The van der Waals surface area contributed by atoms with Gasteiger partial charge in [0.1, 0.15) is 5.82 Å². The molecule has 0 saturated heterocycles. The number of nitrogens with zero attached hydrogens (tertiary/aromatic N) is 1. The third-order valence-corrected chi connectivity index (χ3v) is 2.37. The predicted molar refractivity (Wildman–Crippen MR) is 60.4 cm³/mol. The van der Waals surface area contributed by atoms with E-state index in [0.29, 0.717) is 0 Å². The van der Waals surface area contributed by atoms with E-state index in [0.717, 1.165) is 27.8 Å². The topological polar surface area (TPSA) is 50.9 Å². The lowest BCUT2D eigenvalue weighted by molar-refractivity contribution is 1.28. The molecule has 14 heavy (non-hydrogen) atoms. The molecule has 0 aliphatic rings. The monoisotopic (exact) mass is 187 g/mol. The molecule has 3 heteroatoms. The van der Waals surface area contributed by atoms with Gasteiger partial charge in [-0.15, -0.1) is 0 Å². The molecule has 0 spiro atoms. The van der Waals surface area contributed by atoms with E-state index < -0.39 is 0 Å². The molecular formula is C11H13N3. The predicted octanol–water partition coefficient (Wildman–Crippen LogP) is 2.17. The summed E-state index contributed by atoms with van der Waals surface area (Å²) in [5, 5.41) is 5.22. The van der Waals surface area contributed by atoms with Gasteiger partial charge in [-0.2, -0.15) is 0 Å². The minimum atomic E-state index is 0.805. The van der Waals surface area contributed by atoms with Gasteiger partial charge in [-0.1, -0.05) is 12.1 Å². The Bertz CT molecular complexity index is 469. The van der Waals surface area contributed by atoms with Crippen molar-refractivity contribution in [2.45, 2.75) is 6.92 Å². The summed E-state index contributed by atoms with van der Waals surface area (Å²) < 4.78 is 0. The molecule has 0 unspecified atom stereocenters. The lowest BCUT2D eigenvalue weighted by Gasteiger charge is -2.09. The zero-order valence-corrected chi connectivity index (χ0v) is 8.33. The van der Waals surface area contributed by atoms with Crippen molar-refractivity contribution in [1.29, 1.82) is 0 Å². The molecule has 2 rings (SSSR count). The number of nitrogens with one attached hydrogen (secondary N) is 1. The highest BCUT2D eigenvalue weighted by molar-refractivity contribution is 6.01. The Kier molecular flexibility index (Phi) is 2.00. The normalized spacial score (nSPS) is 10.4. The minimum Gasteiger partial charge on any atom is -0.398 e. The van der Waals surface area contributed by atoms with Crippen LogP contribution >= 0.6 is 0 Å². The van der Waals surface area contributed by atoms with Crippen molar-refractivity contribution in [2.75, 3.05) is 18.1 Å². The van der Waals surface area contributed by atoms with Crippen LogP contribution < -0.4 is 11.1 Å². The van der Waals surface area contributed by atoms with Crippen LogP contribution in [0.5, 0.6) is 0 Å². The summed E-state index contributed by atoms with van der Waals surface area (Å²) in [7, 11) is 1.86. The maximum absolute atomic E-state index is 5.93. The zero-order valence-electron chi connectivity index (χ0n) is 8.33. The van der Waals surface area contributed by atoms with Gasteiger partial charge in [0.05, 0.1) is 0 Å². The number of pyridine rings is 1. The maximum Gasteiger partial charge on any atom is 0.133 e. The Morgan fingerprint density at radius 3 is 2.86 bits per heavy atom. The number of aromatic nitrogens is 1. The summed E-state index contributed by atoms with van der Waals surface area (Å²) in [6.07, 6.45) is 1.84. The van der Waals surface area contributed by atoms with Crippen LogP contribution in [0.4, 0.5) is 11.5 Å². The van der Waals surface area contributed by atoms with Crippen molar-refractivity contribution in [1.82, 2.24) is 4.98 Å². The standard InChI is InChI=1S/C11H13N3/c1-7-6-14-11(13-2)8-4-3-5-9(12)10(7)8/h3-6H,12H2,1-2H3,(H,13,14). The second-order valence-electron chi connectivity index (χ2n) is 3.31. The Labute approximate surface area is 83.0 Å². The van der Waals surface area contributed by atoms with Gasteiger partial charge in [0.15, 0.2) is 0 Å². The smallest absolute Gasteiger partial charge is 0.133 e. The third-order valence-electron chi connectivity index (χ3n) is 2.37. The molecule has 0 amide bonds. The van der Waals surface area contributed by atoms with Gasteiger partial charge >= 0.3 is 0 Å². The van der Waals surface area contributed by atoms with E-state index in [2.05, 4.69) is 10.3 Å². The summed E-state index contributed by atoms with van der Waals surface area (Å²) in [4.78, 5) is 4.30. The first-order valence-corrected chi connectivity index (χ1v) is 4.55. The quantitative estimate of drug-likeness (QED) is 0.673. The van der Waals surface area contributed by atoms with Crippen molar-refractivity contribution < 1.29 is 0 Å². The van der Waals surface area contributed by atoms with Crippen LogP contribution in [0.2, 0.25) is 0 Å². The molecule has 0 aliphatic carbocycles. The average Bonchev–Trinajstić information content (AvgIpc) is 2.18. The van der Waals surface area contributed by atoms with Crippen LogP contribution in [0.25, 0.3) is 10.8 Å². The van der Waals surface area contributed by atoms with Gasteiger partial charge < -0.3 is 11.1 Å². The third kappa shape index (κ3) is 1.18. The Balaban J connectivity index is 2.91. The number of hydrogen-bond donors (Lipinski definition) is 2. The maximum atomic E-state index is 5.93. The number of nitrogens with two attached hydrogens (primary N) is 1. The molecular weight excluding hydrogens is 174 g/mol. The fourth-order valence-electron chi connectivity index (χ4n) is 1.70.